The summed E-state index contributed by atoms with van der Waals surface area (Å²) in [6, 6.07) is 0. The quantitative estimate of drug-likeness (QED) is 0.435. The third-order valence-electron chi connectivity index (χ3n) is 1.10. The molecule has 0 aromatic rings. The first-order valence-electron chi connectivity index (χ1n) is 2.76. The Hall–Kier alpha value is -0.540. The van der Waals surface area contributed by atoms with E-state index >= 15 is 0 Å². The van der Waals surface area contributed by atoms with E-state index in [9.17, 15) is 17.6 Å². The molecule has 1 atom stereocenters. The molecule has 0 aliphatic carbocycles. The summed E-state index contributed by atoms with van der Waals surface area (Å²) in [6.07, 6.45) is -3.71. The van der Waals surface area contributed by atoms with E-state index in [2.05, 4.69) is 6.58 Å². The van der Waals surface area contributed by atoms with Gasteiger partial charge in [0, 0.05) is 0 Å². The van der Waals surface area contributed by atoms with Crippen molar-refractivity contribution in [3.63, 3.8) is 0 Å². The number of alkyl halides is 4. The summed E-state index contributed by atoms with van der Waals surface area (Å²) in [6.45, 7) is 1.73. The second-order valence-electron chi connectivity index (χ2n) is 1.92. The van der Waals surface area contributed by atoms with Crippen LogP contribution in [0.15, 0.2) is 12.7 Å². The molecule has 0 rings (SSSR count). The van der Waals surface area contributed by atoms with E-state index in [-0.39, 0.29) is 6.42 Å². The summed E-state index contributed by atoms with van der Waals surface area (Å²) in [5.41, 5.74) is 0. The minimum Gasteiger partial charge on any atom is -0.250 e. The van der Waals surface area contributed by atoms with Gasteiger partial charge in [-0.1, -0.05) is 6.08 Å². The third-order valence-corrected chi connectivity index (χ3v) is 1.10. The molecule has 0 spiro atoms. The number of rotatable bonds is 3. The molecule has 0 aliphatic rings. The van der Waals surface area contributed by atoms with E-state index in [4.69, 9.17) is 0 Å². The van der Waals surface area contributed by atoms with Crippen LogP contribution in [0.4, 0.5) is 17.6 Å². The Labute approximate surface area is 56.5 Å². The van der Waals surface area contributed by atoms with Crippen LogP contribution in [-0.2, 0) is 0 Å². The molecule has 0 saturated heterocycles. The lowest BCUT2D eigenvalue weighted by Crippen LogP contribution is -2.23. The predicted molar refractivity (Wildman–Crippen MR) is 30.3 cm³/mol. The van der Waals surface area contributed by atoms with E-state index in [1.54, 1.807) is 0 Å². The van der Waals surface area contributed by atoms with Gasteiger partial charge < -0.3 is 0 Å². The van der Waals surface area contributed by atoms with E-state index in [0.717, 1.165) is 6.08 Å². The van der Waals surface area contributed by atoms with Crippen LogP contribution >= 0.6 is 0 Å². The Morgan fingerprint density at radius 3 is 2.00 bits per heavy atom. The normalized spacial score (nSPS) is 14.8. The van der Waals surface area contributed by atoms with Gasteiger partial charge in [0.15, 0.2) is 0 Å². The number of hydrogen-bond donors (Lipinski definition) is 0. The van der Waals surface area contributed by atoms with Crippen LogP contribution in [-0.4, -0.2) is 12.9 Å². The molecule has 60 valence electrons. The first-order chi connectivity index (χ1) is 4.52. The summed E-state index contributed by atoms with van der Waals surface area (Å²) in [5, 5.41) is 0. The maximum absolute atomic E-state index is 11.6. The summed E-state index contributed by atoms with van der Waals surface area (Å²) < 4.78 is 46.4. The Morgan fingerprint density at radius 2 is 1.90 bits per heavy atom. The van der Waals surface area contributed by atoms with Gasteiger partial charge in [-0.2, -0.15) is 13.2 Å². The van der Waals surface area contributed by atoms with Gasteiger partial charge in [-0.15, -0.1) is 6.58 Å². The first-order valence-corrected chi connectivity index (χ1v) is 2.76. The van der Waals surface area contributed by atoms with Gasteiger partial charge in [-0.3, -0.25) is 4.39 Å². The molecular formula is C6H8F4. The Balaban J connectivity index is 3.92. The first kappa shape index (κ1) is 9.46. The van der Waals surface area contributed by atoms with Crippen molar-refractivity contribution in [2.75, 3.05) is 6.67 Å². The van der Waals surface area contributed by atoms with Crippen molar-refractivity contribution in [1.29, 1.82) is 0 Å². The maximum atomic E-state index is 11.6. The fourth-order valence-corrected chi connectivity index (χ4v) is 0.485. The fourth-order valence-electron chi connectivity index (χ4n) is 0.485. The van der Waals surface area contributed by atoms with Crippen LogP contribution < -0.4 is 0 Å². The zero-order valence-corrected chi connectivity index (χ0v) is 5.29. The monoisotopic (exact) mass is 156 g/mol. The van der Waals surface area contributed by atoms with Crippen LogP contribution in [0.3, 0.4) is 0 Å². The topological polar surface area (TPSA) is 0 Å². The average molecular weight is 156 g/mol. The molecule has 10 heavy (non-hydrogen) atoms. The molecule has 1 unspecified atom stereocenters. The smallest absolute Gasteiger partial charge is 0.250 e. The molecule has 4 heteroatoms. The summed E-state index contributed by atoms with van der Waals surface area (Å²) in [4.78, 5) is 0. The highest BCUT2D eigenvalue weighted by atomic mass is 19.4. The van der Waals surface area contributed by atoms with E-state index in [1.165, 1.54) is 0 Å². The minimum atomic E-state index is -4.43. The molecule has 0 fully saturated rings. The Kier molecular flexibility index (Phi) is 3.39. The maximum Gasteiger partial charge on any atom is 0.394 e. The van der Waals surface area contributed by atoms with Crippen molar-refractivity contribution in [3.05, 3.63) is 12.7 Å². The van der Waals surface area contributed by atoms with Crippen LogP contribution in [0.25, 0.3) is 0 Å². The van der Waals surface area contributed by atoms with Crippen LogP contribution in [0.1, 0.15) is 6.42 Å². The zero-order chi connectivity index (χ0) is 8.20. The third kappa shape index (κ3) is 2.85. The van der Waals surface area contributed by atoms with Crippen molar-refractivity contribution < 1.29 is 17.6 Å². The van der Waals surface area contributed by atoms with E-state index in [0.29, 0.717) is 0 Å². The zero-order valence-electron chi connectivity index (χ0n) is 5.29. The number of halogens is 4. The minimum absolute atomic E-state index is 0.347. The SMILES string of the molecule is C=CCC(CF)C(F)(F)F. The average Bonchev–Trinajstić information content (AvgIpc) is 1.80. The summed E-state index contributed by atoms with van der Waals surface area (Å²) in [7, 11) is 0. The summed E-state index contributed by atoms with van der Waals surface area (Å²) in [5.74, 6) is -1.87. The van der Waals surface area contributed by atoms with Crippen molar-refractivity contribution in [2.24, 2.45) is 5.92 Å². The van der Waals surface area contributed by atoms with Gasteiger partial charge in [0.05, 0.1) is 5.92 Å². The van der Waals surface area contributed by atoms with Gasteiger partial charge in [0.2, 0.25) is 0 Å². The van der Waals surface area contributed by atoms with Crippen LogP contribution in [0.5, 0.6) is 0 Å². The molecule has 0 aromatic heterocycles. The lowest BCUT2D eigenvalue weighted by Gasteiger charge is -2.13. The van der Waals surface area contributed by atoms with E-state index in [1.807, 2.05) is 0 Å². The second kappa shape index (κ2) is 3.58. The Bertz CT molecular complexity index is 105. The predicted octanol–water partition coefficient (Wildman–Crippen LogP) is 2.71. The molecule has 0 N–H and O–H groups in total. The van der Waals surface area contributed by atoms with Gasteiger partial charge in [0.1, 0.15) is 6.67 Å². The van der Waals surface area contributed by atoms with Crippen molar-refractivity contribution in [1.82, 2.24) is 0 Å². The Morgan fingerprint density at radius 1 is 1.40 bits per heavy atom. The molecule has 0 aromatic carbocycles. The lowest BCUT2D eigenvalue weighted by molar-refractivity contribution is -0.177. The lowest BCUT2D eigenvalue weighted by atomic mass is 10.1. The molecule has 0 saturated carbocycles. The number of allylic oxidation sites excluding steroid dienone is 1. The molecule has 0 bridgehead atoms. The standard InChI is InChI=1S/C6H8F4/c1-2-3-5(4-7)6(8,9)10/h2,5H,1,3-4H2. The second-order valence-corrected chi connectivity index (χ2v) is 1.92. The van der Waals surface area contributed by atoms with Crippen molar-refractivity contribution >= 4 is 0 Å². The van der Waals surface area contributed by atoms with Crippen molar-refractivity contribution in [2.45, 2.75) is 12.6 Å². The van der Waals surface area contributed by atoms with Gasteiger partial charge in [-0.05, 0) is 6.42 Å². The largest absolute Gasteiger partial charge is 0.394 e. The molecule has 0 heterocycles. The molecule has 0 amide bonds. The van der Waals surface area contributed by atoms with Crippen LogP contribution in [0, 0.1) is 5.92 Å². The molecule has 0 aliphatic heterocycles. The van der Waals surface area contributed by atoms with E-state index < -0.39 is 18.8 Å². The molecular weight excluding hydrogens is 148 g/mol. The van der Waals surface area contributed by atoms with Crippen LogP contribution in [0.2, 0.25) is 0 Å². The molecule has 0 nitrogen and oxygen atoms in total. The number of hydrogen-bond acceptors (Lipinski definition) is 0. The van der Waals surface area contributed by atoms with Gasteiger partial charge in [-0.25, -0.2) is 0 Å². The van der Waals surface area contributed by atoms with Gasteiger partial charge >= 0.3 is 6.18 Å². The summed E-state index contributed by atoms with van der Waals surface area (Å²) >= 11 is 0. The fraction of sp³-hybridized carbons (Fsp3) is 0.667. The van der Waals surface area contributed by atoms with Gasteiger partial charge in [0.25, 0.3) is 0 Å². The highest BCUT2D eigenvalue weighted by Crippen LogP contribution is 2.29. The van der Waals surface area contributed by atoms with Crippen molar-refractivity contribution in [3.8, 4) is 0 Å². The highest BCUT2D eigenvalue weighted by molar-refractivity contribution is 4.77. The highest BCUT2D eigenvalue weighted by Gasteiger charge is 2.38. The molecule has 0 radical (unpaired) electrons.